The Morgan fingerprint density at radius 2 is 2.00 bits per heavy atom. The number of hydrogen-bond donors (Lipinski definition) is 1. The summed E-state index contributed by atoms with van der Waals surface area (Å²) in [5.74, 6) is 0.701. The number of amides is 1. The summed E-state index contributed by atoms with van der Waals surface area (Å²) in [5.41, 5.74) is 3.18. The van der Waals surface area contributed by atoms with Crippen LogP contribution in [-0.2, 0) is 17.8 Å². The van der Waals surface area contributed by atoms with Gasteiger partial charge >= 0.3 is 0 Å². The first-order valence-electron chi connectivity index (χ1n) is 9.25. The van der Waals surface area contributed by atoms with E-state index in [0.29, 0.717) is 19.5 Å². The third-order valence-corrected chi connectivity index (χ3v) is 4.57. The average Bonchev–Trinajstić information content (AvgIpc) is 3.09. The number of nitrogens with one attached hydrogen (secondary N) is 1. The van der Waals surface area contributed by atoms with Gasteiger partial charge in [-0.25, -0.2) is 0 Å². The van der Waals surface area contributed by atoms with Gasteiger partial charge < -0.3 is 14.6 Å². The second-order valence-electron chi connectivity index (χ2n) is 6.43. The summed E-state index contributed by atoms with van der Waals surface area (Å²) < 4.78 is 7.20. The Balaban J connectivity index is 1.60. The standard InChI is InChI=1S/C23H23N3O2/c1-28-20-10-7-18(8-11-20)13-15-25-23(27)12-9-19-17-26(16-4-14-24)22-6-3-2-5-21(19)22/h2-3,5-12,17H,4,13,15-16H2,1H3,(H,25,27)/b12-9+. The van der Waals surface area contributed by atoms with Crippen LogP contribution in [0.1, 0.15) is 17.5 Å². The molecule has 0 saturated heterocycles. The Kier molecular flexibility index (Phi) is 6.48. The number of benzene rings is 2. The van der Waals surface area contributed by atoms with Crippen LogP contribution in [0.2, 0.25) is 0 Å². The van der Waals surface area contributed by atoms with Crippen LogP contribution in [0.25, 0.3) is 17.0 Å². The van der Waals surface area contributed by atoms with Crippen LogP contribution in [-0.4, -0.2) is 24.1 Å². The van der Waals surface area contributed by atoms with Gasteiger partial charge in [-0.3, -0.25) is 4.79 Å². The molecule has 3 aromatic rings. The van der Waals surface area contributed by atoms with Crippen molar-refractivity contribution in [3.63, 3.8) is 0 Å². The number of carbonyl (C=O) groups excluding carboxylic acids is 1. The number of para-hydroxylation sites is 1. The second-order valence-corrected chi connectivity index (χ2v) is 6.43. The molecule has 5 nitrogen and oxygen atoms in total. The quantitative estimate of drug-likeness (QED) is 0.608. The van der Waals surface area contributed by atoms with Crippen LogP contribution in [0.4, 0.5) is 0 Å². The summed E-state index contributed by atoms with van der Waals surface area (Å²) in [4.78, 5) is 12.2. The Morgan fingerprint density at radius 1 is 1.21 bits per heavy atom. The number of nitrogens with zero attached hydrogens (tertiary/aromatic N) is 2. The minimum Gasteiger partial charge on any atom is -0.497 e. The fraction of sp³-hybridized carbons (Fsp3) is 0.217. The van der Waals surface area contributed by atoms with Crippen molar-refractivity contribution >= 4 is 22.9 Å². The number of ether oxygens (including phenoxy) is 1. The highest BCUT2D eigenvalue weighted by Crippen LogP contribution is 2.22. The third-order valence-electron chi connectivity index (χ3n) is 4.57. The lowest BCUT2D eigenvalue weighted by atomic mass is 10.1. The highest BCUT2D eigenvalue weighted by atomic mass is 16.5. The minimum atomic E-state index is -0.123. The van der Waals surface area contributed by atoms with Gasteiger partial charge in [-0.2, -0.15) is 5.26 Å². The van der Waals surface area contributed by atoms with Gasteiger partial charge in [0.1, 0.15) is 5.75 Å². The summed E-state index contributed by atoms with van der Waals surface area (Å²) in [6, 6.07) is 18.0. The van der Waals surface area contributed by atoms with Crippen molar-refractivity contribution in [1.82, 2.24) is 9.88 Å². The summed E-state index contributed by atoms with van der Waals surface area (Å²) in [5, 5.41) is 12.8. The molecule has 0 aliphatic heterocycles. The maximum absolute atomic E-state index is 12.2. The lowest BCUT2D eigenvalue weighted by Gasteiger charge is -2.04. The highest BCUT2D eigenvalue weighted by Gasteiger charge is 2.06. The van der Waals surface area contributed by atoms with Crippen molar-refractivity contribution in [2.45, 2.75) is 19.4 Å². The van der Waals surface area contributed by atoms with Crippen molar-refractivity contribution < 1.29 is 9.53 Å². The van der Waals surface area contributed by atoms with Gasteiger partial charge in [0.2, 0.25) is 5.91 Å². The summed E-state index contributed by atoms with van der Waals surface area (Å²) in [7, 11) is 1.64. The van der Waals surface area contributed by atoms with E-state index in [1.165, 1.54) is 0 Å². The Hall–Kier alpha value is -3.52. The number of hydrogen-bond acceptors (Lipinski definition) is 3. The van der Waals surface area contributed by atoms with E-state index >= 15 is 0 Å². The second kappa shape index (κ2) is 9.43. The first-order chi connectivity index (χ1) is 13.7. The lowest BCUT2D eigenvalue weighted by Crippen LogP contribution is -2.23. The first kappa shape index (κ1) is 19.2. The molecule has 0 spiro atoms. The summed E-state index contributed by atoms with van der Waals surface area (Å²) >= 11 is 0. The van der Waals surface area contributed by atoms with Crippen molar-refractivity contribution in [3.05, 3.63) is 71.9 Å². The number of fused-ring (bicyclic) bond motifs is 1. The molecule has 0 aliphatic carbocycles. The molecule has 0 saturated carbocycles. The maximum Gasteiger partial charge on any atom is 0.244 e. The van der Waals surface area contributed by atoms with E-state index in [9.17, 15) is 4.79 Å². The minimum absolute atomic E-state index is 0.123. The van der Waals surface area contributed by atoms with Crippen LogP contribution < -0.4 is 10.1 Å². The smallest absolute Gasteiger partial charge is 0.244 e. The van der Waals surface area contributed by atoms with Gasteiger partial charge in [-0.05, 0) is 36.3 Å². The van der Waals surface area contributed by atoms with Crippen molar-refractivity contribution in [3.8, 4) is 11.8 Å². The molecule has 5 heteroatoms. The zero-order chi connectivity index (χ0) is 19.8. The van der Waals surface area contributed by atoms with Gasteiger partial charge in [0.15, 0.2) is 0 Å². The fourth-order valence-corrected chi connectivity index (χ4v) is 3.11. The van der Waals surface area contributed by atoms with Crippen molar-refractivity contribution in [2.75, 3.05) is 13.7 Å². The number of nitriles is 1. The molecule has 1 heterocycles. The van der Waals surface area contributed by atoms with E-state index < -0.39 is 0 Å². The van der Waals surface area contributed by atoms with E-state index in [1.54, 1.807) is 13.2 Å². The summed E-state index contributed by atoms with van der Waals surface area (Å²) in [6.07, 6.45) is 6.59. The number of aromatic nitrogens is 1. The largest absolute Gasteiger partial charge is 0.497 e. The van der Waals surface area contributed by atoms with Crippen LogP contribution >= 0.6 is 0 Å². The predicted octanol–water partition coefficient (Wildman–Crippen LogP) is 3.94. The molecule has 0 radical (unpaired) electrons. The molecule has 0 unspecified atom stereocenters. The molecule has 1 N–H and O–H groups in total. The lowest BCUT2D eigenvalue weighted by molar-refractivity contribution is -0.116. The Morgan fingerprint density at radius 3 is 2.75 bits per heavy atom. The zero-order valence-corrected chi connectivity index (χ0v) is 15.9. The molecule has 0 fully saturated rings. The van der Waals surface area contributed by atoms with Crippen LogP contribution in [0.3, 0.4) is 0 Å². The maximum atomic E-state index is 12.2. The summed E-state index contributed by atoms with van der Waals surface area (Å²) in [6.45, 7) is 1.21. The molecule has 1 aromatic heterocycles. The molecular weight excluding hydrogens is 350 g/mol. The normalized spacial score (nSPS) is 10.9. The van der Waals surface area contributed by atoms with Crippen LogP contribution in [0.15, 0.2) is 60.8 Å². The topological polar surface area (TPSA) is 67.0 Å². The van der Waals surface area contributed by atoms with Gasteiger partial charge in [-0.15, -0.1) is 0 Å². The van der Waals surface area contributed by atoms with E-state index in [0.717, 1.165) is 34.2 Å². The first-order valence-corrected chi connectivity index (χ1v) is 9.25. The molecule has 28 heavy (non-hydrogen) atoms. The van der Waals surface area contributed by atoms with Crippen LogP contribution in [0, 0.1) is 11.3 Å². The molecule has 142 valence electrons. The average molecular weight is 373 g/mol. The fourth-order valence-electron chi connectivity index (χ4n) is 3.11. The SMILES string of the molecule is COc1ccc(CCNC(=O)/C=C/c2cn(CCC#N)c3ccccc23)cc1. The number of aryl methyl sites for hydroxylation is 1. The van der Waals surface area contributed by atoms with E-state index in [2.05, 4.69) is 16.0 Å². The van der Waals surface area contributed by atoms with Gasteiger partial charge in [0.05, 0.1) is 19.6 Å². The van der Waals surface area contributed by atoms with Gasteiger partial charge in [-0.1, -0.05) is 30.3 Å². The number of carbonyl (C=O) groups is 1. The van der Waals surface area contributed by atoms with E-state index in [1.807, 2.05) is 60.8 Å². The number of rotatable bonds is 8. The van der Waals surface area contributed by atoms with Crippen molar-refractivity contribution in [2.24, 2.45) is 0 Å². The molecule has 0 atom stereocenters. The molecular formula is C23H23N3O2. The zero-order valence-electron chi connectivity index (χ0n) is 15.9. The third kappa shape index (κ3) is 4.80. The van der Waals surface area contributed by atoms with Crippen molar-refractivity contribution in [1.29, 1.82) is 5.26 Å². The molecule has 1 amide bonds. The van der Waals surface area contributed by atoms with Crippen LogP contribution in [0.5, 0.6) is 5.75 Å². The van der Waals surface area contributed by atoms with Gasteiger partial charge in [0, 0.05) is 41.8 Å². The molecule has 0 bridgehead atoms. The monoisotopic (exact) mass is 373 g/mol. The molecule has 2 aromatic carbocycles. The molecule has 3 rings (SSSR count). The van der Waals surface area contributed by atoms with E-state index in [4.69, 9.17) is 10.00 Å². The van der Waals surface area contributed by atoms with Gasteiger partial charge in [0.25, 0.3) is 0 Å². The Labute approximate surface area is 164 Å². The Bertz CT molecular complexity index is 1010. The molecule has 0 aliphatic rings. The highest BCUT2D eigenvalue weighted by molar-refractivity contribution is 5.96. The predicted molar refractivity (Wildman–Crippen MR) is 111 cm³/mol. The van der Waals surface area contributed by atoms with E-state index in [-0.39, 0.29) is 5.91 Å². The number of methoxy groups -OCH3 is 1.